The second-order valence-electron chi connectivity index (χ2n) is 15.9. The summed E-state index contributed by atoms with van der Waals surface area (Å²) in [5.74, 6) is -4.95. The fourth-order valence-electron chi connectivity index (χ4n) is 7.88. The van der Waals surface area contributed by atoms with Crippen molar-refractivity contribution in [3.8, 4) is 0 Å². The van der Waals surface area contributed by atoms with Gasteiger partial charge in [0.05, 0.1) is 36.0 Å². The maximum absolute atomic E-state index is 14.4. The summed E-state index contributed by atoms with van der Waals surface area (Å²) in [5.41, 5.74) is -1.59. The molecule has 4 N–H and O–H groups in total. The number of aliphatic hydroxyl groups excluding tert-OH is 2. The molecule has 1 unspecified atom stereocenters. The molecule has 4 rings (SSSR count). The molecule has 2 aromatic rings. The average Bonchev–Trinajstić information content (AvgIpc) is 3.13. The number of amides is 1. The Kier molecular flexibility index (Phi) is 14.6. The van der Waals surface area contributed by atoms with Crippen LogP contribution in [0.2, 0.25) is 0 Å². The fraction of sp³-hybridized carbons (Fsp3) is 0.659. The van der Waals surface area contributed by atoms with Gasteiger partial charge >= 0.3 is 5.97 Å². The van der Waals surface area contributed by atoms with E-state index < -0.39 is 83.4 Å². The Hall–Kier alpha value is -3.30. The van der Waals surface area contributed by atoms with Crippen LogP contribution in [0.25, 0.3) is 17.0 Å². The van der Waals surface area contributed by atoms with Crippen LogP contribution < -0.4 is 5.32 Å². The molecule has 0 aliphatic carbocycles. The third kappa shape index (κ3) is 9.73. The van der Waals surface area contributed by atoms with Crippen LogP contribution in [0.3, 0.4) is 0 Å². The normalized spacial score (nSPS) is 37.9. The number of para-hydroxylation sites is 1. The Bertz CT molecular complexity index is 1630. The number of esters is 1. The number of cyclic esters (lactones) is 1. The minimum Gasteiger partial charge on any atom is -0.459 e. The first-order valence-electron chi connectivity index (χ1n) is 19.1. The minimum atomic E-state index is -1.96. The molecular weight excluding hydrogens is 694 g/mol. The molecule has 300 valence electrons. The molecule has 1 amide bonds. The van der Waals surface area contributed by atoms with Crippen LogP contribution in [0.4, 0.5) is 0 Å². The van der Waals surface area contributed by atoms with Crippen molar-refractivity contribution in [2.24, 2.45) is 17.8 Å². The number of benzene rings is 1. The van der Waals surface area contributed by atoms with Gasteiger partial charge in [0, 0.05) is 29.5 Å². The van der Waals surface area contributed by atoms with Gasteiger partial charge in [-0.05, 0) is 85.7 Å². The van der Waals surface area contributed by atoms with Gasteiger partial charge < -0.3 is 44.5 Å². The van der Waals surface area contributed by atoms with Crippen LogP contribution in [-0.4, -0.2) is 124 Å². The maximum Gasteiger partial charge on any atom is 0.316 e. The fourth-order valence-corrected chi connectivity index (χ4v) is 7.88. The number of fused-ring (bicyclic) bond motifs is 1. The molecule has 1 aromatic heterocycles. The number of aliphatic hydroxyl groups is 3. The molecule has 0 saturated carbocycles. The number of hydrogen-bond acceptors (Lipinski definition) is 12. The van der Waals surface area contributed by atoms with E-state index in [1.165, 1.54) is 13.8 Å². The molecule has 13 heteroatoms. The van der Waals surface area contributed by atoms with Crippen molar-refractivity contribution < 1.29 is 48.7 Å². The van der Waals surface area contributed by atoms with Crippen molar-refractivity contribution in [2.45, 2.75) is 135 Å². The molecule has 0 bridgehead atoms. The molecular formula is C41H61N3O10. The molecule has 54 heavy (non-hydrogen) atoms. The van der Waals surface area contributed by atoms with Crippen LogP contribution >= 0.6 is 0 Å². The summed E-state index contributed by atoms with van der Waals surface area (Å²) in [6, 6.07) is 8.39. The summed E-state index contributed by atoms with van der Waals surface area (Å²) < 4.78 is 25.3. The van der Waals surface area contributed by atoms with E-state index in [0.29, 0.717) is 6.42 Å². The molecule has 13 atom stereocenters. The van der Waals surface area contributed by atoms with E-state index in [0.717, 1.165) is 16.5 Å². The third-order valence-electron chi connectivity index (χ3n) is 11.2. The van der Waals surface area contributed by atoms with Crippen LogP contribution in [0, 0.1) is 17.8 Å². The molecule has 2 fully saturated rings. The Morgan fingerprint density at radius 2 is 1.74 bits per heavy atom. The Labute approximate surface area is 319 Å². The van der Waals surface area contributed by atoms with Crippen molar-refractivity contribution in [1.29, 1.82) is 0 Å². The lowest BCUT2D eigenvalue weighted by Gasteiger charge is -2.47. The highest BCUT2D eigenvalue weighted by atomic mass is 16.7. The predicted octanol–water partition coefficient (Wildman–Crippen LogP) is 3.65. The third-order valence-corrected chi connectivity index (χ3v) is 11.2. The highest BCUT2D eigenvalue weighted by molar-refractivity contribution is 6.00. The number of nitrogens with one attached hydrogen (secondary N) is 1. The molecule has 2 aliphatic heterocycles. The van der Waals surface area contributed by atoms with Gasteiger partial charge in [-0.1, -0.05) is 51.1 Å². The van der Waals surface area contributed by atoms with Crippen molar-refractivity contribution >= 4 is 34.6 Å². The summed E-state index contributed by atoms with van der Waals surface area (Å²) in [7, 11) is 3.72. The SMILES string of the molecule is CCC1OC(=O)[C@H](C)C(=O)[C@H](C)[C@@H](O[C@@H]2O[C@H](C)C[C@H](N(C)C)[C@H]2O)[C@](C)(OC/C=C/c2ccnc3ccccc23)C[C@@H](C)C(=O)N[C@H](C)[C@@H](O)[C@]1(C)O. The number of ether oxygens (including phenoxy) is 4. The Morgan fingerprint density at radius 3 is 2.41 bits per heavy atom. The first-order chi connectivity index (χ1) is 25.3. The zero-order valence-corrected chi connectivity index (χ0v) is 33.4. The summed E-state index contributed by atoms with van der Waals surface area (Å²) in [5, 5.41) is 38.0. The van der Waals surface area contributed by atoms with Gasteiger partial charge in [0.15, 0.2) is 12.1 Å². The number of Topliss-reactive ketones (excluding diaryl/α,β-unsaturated/α-hetero) is 1. The number of likely N-dealkylation sites (N-methyl/N-ethyl adjacent to an activating group) is 1. The second kappa shape index (κ2) is 18.1. The maximum atomic E-state index is 14.4. The lowest BCUT2D eigenvalue weighted by Crippen LogP contribution is -2.60. The van der Waals surface area contributed by atoms with E-state index in [-0.39, 0.29) is 31.6 Å². The molecule has 0 spiro atoms. The zero-order valence-electron chi connectivity index (χ0n) is 33.4. The molecule has 2 aliphatic rings. The number of carbonyl (C=O) groups is 3. The predicted molar refractivity (Wildman–Crippen MR) is 204 cm³/mol. The quantitative estimate of drug-likeness (QED) is 0.228. The minimum absolute atomic E-state index is 0.0260. The van der Waals surface area contributed by atoms with Crippen molar-refractivity contribution in [1.82, 2.24) is 15.2 Å². The monoisotopic (exact) mass is 755 g/mol. The van der Waals surface area contributed by atoms with Gasteiger partial charge in [0.1, 0.15) is 29.8 Å². The largest absolute Gasteiger partial charge is 0.459 e. The second-order valence-corrected chi connectivity index (χ2v) is 15.9. The Balaban J connectivity index is 1.79. The first kappa shape index (κ1) is 43.4. The number of rotatable bonds is 8. The zero-order chi connectivity index (χ0) is 40.1. The average molecular weight is 756 g/mol. The van der Waals surface area contributed by atoms with Gasteiger partial charge in [-0.3, -0.25) is 19.4 Å². The highest BCUT2D eigenvalue weighted by Crippen LogP contribution is 2.37. The van der Waals surface area contributed by atoms with Crippen LogP contribution in [0.5, 0.6) is 0 Å². The first-order valence-corrected chi connectivity index (χ1v) is 19.1. The van der Waals surface area contributed by atoms with Gasteiger partial charge in [0.2, 0.25) is 5.91 Å². The number of ketones is 1. The summed E-state index contributed by atoms with van der Waals surface area (Å²) in [4.78, 5) is 48.1. The van der Waals surface area contributed by atoms with Crippen LogP contribution in [0.1, 0.15) is 80.2 Å². The van der Waals surface area contributed by atoms with Gasteiger partial charge in [-0.15, -0.1) is 0 Å². The number of carbonyl (C=O) groups excluding carboxylic acids is 3. The summed E-state index contributed by atoms with van der Waals surface area (Å²) >= 11 is 0. The molecule has 1 aromatic carbocycles. The van der Waals surface area contributed by atoms with Crippen molar-refractivity contribution in [3.63, 3.8) is 0 Å². The van der Waals surface area contributed by atoms with Crippen LogP contribution in [0.15, 0.2) is 42.6 Å². The van der Waals surface area contributed by atoms with E-state index in [1.807, 2.05) is 68.4 Å². The summed E-state index contributed by atoms with van der Waals surface area (Å²) in [6.45, 7) is 13.0. The van der Waals surface area contributed by atoms with Crippen molar-refractivity contribution in [2.75, 3.05) is 20.7 Å². The van der Waals surface area contributed by atoms with E-state index in [1.54, 1.807) is 40.8 Å². The molecule has 2 saturated heterocycles. The van der Waals surface area contributed by atoms with Crippen LogP contribution in [-0.2, 0) is 33.3 Å². The van der Waals surface area contributed by atoms with Crippen molar-refractivity contribution in [3.05, 3.63) is 48.2 Å². The number of nitrogens with zero attached hydrogens (tertiary/aromatic N) is 2. The van der Waals surface area contributed by atoms with Gasteiger partial charge in [-0.2, -0.15) is 0 Å². The number of hydrogen-bond donors (Lipinski definition) is 4. The van der Waals surface area contributed by atoms with Gasteiger partial charge in [0.25, 0.3) is 0 Å². The van der Waals surface area contributed by atoms with E-state index in [9.17, 15) is 29.7 Å². The van der Waals surface area contributed by atoms with Gasteiger partial charge in [-0.25, -0.2) is 0 Å². The molecule has 0 radical (unpaired) electrons. The lowest BCUT2D eigenvalue weighted by atomic mass is 9.78. The highest BCUT2D eigenvalue weighted by Gasteiger charge is 2.51. The lowest BCUT2D eigenvalue weighted by molar-refractivity contribution is -0.296. The smallest absolute Gasteiger partial charge is 0.316 e. The Morgan fingerprint density at radius 1 is 1.06 bits per heavy atom. The molecule has 3 heterocycles. The number of pyridine rings is 1. The topological polar surface area (TPSA) is 177 Å². The van der Waals surface area contributed by atoms with E-state index >= 15 is 0 Å². The number of aromatic nitrogens is 1. The van der Waals surface area contributed by atoms with E-state index in [2.05, 4.69) is 10.3 Å². The summed E-state index contributed by atoms with van der Waals surface area (Å²) in [6.07, 6.45) is -0.251. The molecule has 13 nitrogen and oxygen atoms in total. The standard InChI is InChI=1S/C41H61N3O10/c1-11-32-41(8,50)35(47)27(6)43-37(48)23(2)22-40(7,51-20-14-15-28-18-19-42-30-17-13-12-16-29(28)30)36(25(4)33(45)26(5)38(49)53-32)54-39-34(46)31(44(9)10)21-24(3)52-39/h12-19,23-27,31-32,34-36,39,46-47,50H,11,20-22H2,1-10H3,(H,43,48)/b15-14+/t23-,24-,25+,26-,27-,31+,32?,34-,35-,36-,39+,40-,41-/m1/s1. The van der Waals surface area contributed by atoms with E-state index in [4.69, 9.17) is 18.9 Å².